The number of halogens is 1. The van der Waals surface area contributed by atoms with E-state index in [0.29, 0.717) is 0 Å². The number of nitrogens with one attached hydrogen (secondary N) is 1. The monoisotopic (exact) mass is 313 g/mol. The van der Waals surface area contributed by atoms with Crippen molar-refractivity contribution < 1.29 is 4.42 Å². The summed E-state index contributed by atoms with van der Waals surface area (Å²) in [6.07, 6.45) is 1.11. The summed E-state index contributed by atoms with van der Waals surface area (Å²) < 4.78 is 6.89. The Balaban J connectivity index is 2.28. The van der Waals surface area contributed by atoms with E-state index in [9.17, 15) is 0 Å². The fraction of sp³-hybridized carbons (Fsp3) is 0.385. The zero-order valence-electron chi connectivity index (χ0n) is 10.00. The predicted octanol–water partition coefficient (Wildman–Crippen LogP) is 4.50. The van der Waals surface area contributed by atoms with Crippen molar-refractivity contribution in [3.63, 3.8) is 0 Å². The molecule has 0 aliphatic heterocycles. The molecular formula is C13H16BrNOS. The molecule has 2 aromatic heterocycles. The van der Waals surface area contributed by atoms with Crippen LogP contribution in [0, 0.1) is 6.92 Å². The lowest BCUT2D eigenvalue weighted by Crippen LogP contribution is -2.22. The summed E-state index contributed by atoms with van der Waals surface area (Å²) in [5.74, 6) is 1.94. The summed E-state index contributed by atoms with van der Waals surface area (Å²) in [5.41, 5.74) is 0. The van der Waals surface area contributed by atoms with Crippen LogP contribution in [0.25, 0.3) is 0 Å². The average Bonchev–Trinajstić information content (AvgIpc) is 2.90. The summed E-state index contributed by atoms with van der Waals surface area (Å²) in [6, 6.07) is 6.29. The highest BCUT2D eigenvalue weighted by Gasteiger charge is 2.20. The fourth-order valence-corrected chi connectivity index (χ4v) is 3.41. The maximum absolute atomic E-state index is 5.74. The third kappa shape index (κ3) is 3.00. The standard InChI is InChI=1S/C13H16BrNOS/c1-3-7-15-12(11-5-4-9(2)16-11)13-10(14)6-8-17-13/h4-6,8,12,15H,3,7H2,1-2H3. The van der Waals surface area contributed by atoms with Crippen molar-refractivity contribution in [3.05, 3.63) is 44.4 Å². The van der Waals surface area contributed by atoms with Crippen molar-refractivity contribution in [2.45, 2.75) is 26.3 Å². The van der Waals surface area contributed by atoms with Crippen molar-refractivity contribution in [2.75, 3.05) is 6.54 Å². The van der Waals surface area contributed by atoms with Crippen LogP contribution >= 0.6 is 27.3 Å². The van der Waals surface area contributed by atoms with Gasteiger partial charge in [-0.2, -0.15) is 0 Å². The molecule has 2 heterocycles. The third-order valence-electron chi connectivity index (χ3n) is 2.55. The lowest BCUT2D eigenvalue weighted by molar-refractivity contribution is 0.433. The molecule has 0 amide bonds. The normalized spacial score (nSPS) is 12.9. The van der Waals surface area contributed by atoms with Crippen molar-refractivity contribution in [1.82, 2.24) is 5.32 Å². The molecule has 0 aliphatic carbocycles. The first kappa shape index (κ1) is 12.9. The van der Waals surface area contributed by atoms with Gasteiger partial charge in [0, 0.05) is 9.35 Å². The van der Waals surface area contributed by atoms with Gasteiger partial charge >= 0.3 is 0 Å². The Hall–Kier alpha value is -0.580. The summed E-state index contributed by atoms with van der Waals surface area (Å²) in [6.45, 7) is 5.12. The Morgan fingerprint density at radius 2 is 2.24 bits per heavy atom. The number of rotatable bonds is 5. The van der Waals surface area contributed by atoms with Crippen LogP contribution in [0.2, 0.25) is 0 Å². The molecular weight excluding hydrogens is 298 g/mol. The third-order valence-corrected chi connectivity index (χ3v) is 4.49. The molecule has 92 valence electrons. The van der Waals surface area contributed by atoms with Gasteiger partial charge in [0.05, 0.1) is 0 Å². The molecule has 0 spiro atoms. The number of hydrogen-bond acceptors (Lipinski definition) is 3. The SMILES string of the molecule is CCCNC(c1ccc(C)o1)c1sccc1Br. The average molecular weight is 314 g/mol. The molecule has 0 bridgehead atoms. The van der Waals surface area contributed by atoms with E-state index in [1.807, 2.05) is 13.0 Å². The van der Waals surface area contributed by atoms with Gasteiger partial charge < -0.3 is 9.73 Å². The van der Waals surface area contributed by atoms with Gasteiger partial charge in [0.25, 0.3) is 0 Å². The Bertz CT molecular complexity index is 477. The van der Waals surface area contributed by atoms with Gasteiger partial charge in [-0.05, 0) is 59.4 Å². The van der Waals surface area contributed by atoms with Crippen LogP contribution in [0.15, 0.2) is 32.5 Å². The van der Waals surface area contributed by atoms with Crippen LogP contribution in [-0.4, -0.2) is 6.54 Å². The highest BCUT2D eigenvalue weighted by molar-refractivity contribution is 9.10. The minimum Gasteiger partial charge on any atom is -0.464 e. The van der Waals surface area contributed by atoms with Crippen molar-refractivity contribution >= 4 is 27.3 Å². The molecule has 4 heteroatoms. The number of furan rings is 1. The van der Waals surface area contributed by atoms with Crippen LogP contribution in [0.5, 0.6) is 0 Å². The van der Waals surface area contributed by atoms with Gasteiger partial charge in [0.1, 0.15) is 17.6 Å². The largest absolute Gasteiger partial charge is 0.464 e. The first-order valence-corrected chi connectivity index (χ1v) is 7.42. The fourth-order valence-electron chi connectivity index (χ4n) is 1.73. The van der Waals surface area contributed by atoms with Crippen LogP contribution < -0.4 is 5.32 Å². The summed E-state index contributed by atoms with van der Waals surface area (Å²) in [4.78, 5) is 1.27. The molecule has 0 radical (unpaired) electrons. The van der Waals surface area contributed by atoms with E-state index < -0.39 is 0 Å². The van der Waals surface area contributed by atoms with Gasteiger partial charge in [-0.25, -0.2) is 0 Å². The smallest absolute Gasteiger partial charge is 0.126 e. The molecule has 2 aromatic rings. The summed E-state index contributed by atoms with van der Waals surface area (Å²) >= 11 is 5.33. The van der Waals surface area contributed by atoms with E-state index in [1.54, 1.807) is 11.3 Å². The second-order valence-corrected chi connectivity index (χ2v) is 5.77. The van der Waals surface area contributed by atoms with Crippen molar-refractivity contribution in [3.8, 4) is 0 Å². The predicted molar refractivity (Wildman–Crippen MR) is 75.6 cm³/mol. The second kappa shape index (κ2) is 5.85. The number of aryl methyl sites for hydroxylation is 1. The second-order valence-electron chi connectivity index (χ2n) is 3.97. The van der Waals surface area contributed by atoms with Crippen molar-refractivity contribution in [1.29, 1.82) is 0 Å². The quantitative estimate of drug-likeness (QED) is 0.879. The Morgan fingerprint density at radius 1 is 1.41 bits per heavy atom. The van der Waals surface area contributed by atoms with Gasteiger partial charge in [-0.15, -0.1) is 11.3 Å². The minimum absolute atomic E-state index is 0.151. The van der Waals surface area contributed by atoms with Crippen LogP contribution in [0.4, 0.5) is 0 Å². The molecule has 17 heavy (non-hydrogen) atoms. The topological polar surface area (TPSA) is 25.2 Å². The Labute approximate surface area is 114 Å². The number of hydrogen-bond donors (Lipinski definition) is 1. The van der Waals surface area contributed by atoms with Gasteiger partial charge in [-0.1, -0.05) is 6.92 Å². The van der Waals surface area contributed by atoms with E-state index in [-0.39, 0.29) is 6.04 Å². The zero-order chi connectivity index (χ0) is 12.3. The van der Waals surface area contributed by atoms with Gasteiger partial charge in [0.15, 0.2) is 0 Å². The summed E-state index contributed by atoms with van der Waals surface area (Å²) in [5, 5.41) is 5.62. The van der Waals surface area contributed by atoms with E-state index in [2.05, 4.69) is 45.7 Å². The lowest BCUT2D eigenvalue weighted by atomic mass is 10.2. The van der Waals surface area contributed by atoms with Gasteiger partial charge in [-0.3, -0.25) is 0 Å². The van der Waals surface area contributed by atoms with Gasteiger partial charge in [0.2, 0.25) is 0 Å². The van der Waals surface area contributed by atoms with E-state index in [4.69, 9.17) is 4.42 Å². The molecule has 0 saturated carbocycles. The molecule has 1 N–H and O–H groups in total. The molecule has 2 rings (SSSR count). The minimum atomic E-state index is 0.151. The molecule has 0 aliphatic rings. The first-order valence-electron chi connectivity index (χ1n) is 5.75. The van der Waals surface area contributed by atoms with Crippen LogP contribution in [-0.2, 0) is 0 Å². The van der Waals surface area contributed by atoms with Crippen LogP contribution in [0.1, 0.15) is 35.8 Å². The molecule has 0 fully saturated rings. The first-order chi connectivity index (χ1) is 8.22. The number of thiophene rings is 1. The molecule has 1 unspecified atom stereocenters. The highest BCUT2D eigenvalue weighted by Crippen LogP contribution is 2.33. The van der Waals surface area contributed by atoms with Crippen molar-refractivity contribution in [2.24, 2.45) is 0 Å². The Morgan fingerprint density at radius 3 is 2.76 bits per heavy atom. The van der Waals surface area contributed by atoms with Crippen LogP contribution in [0.3, 0.4) is 0 Å². The Kier molecular flexibility index (Phi) is 4.42. The molecule has 0 aromatic carbocycles. The molecule has 0 saturated heterocycles. The molecule has 2 nitrogen and oxygen atoms in total. The lowest BCUT2D eigenvalue weighted by Gasteiger charge is -2.15. The highest BCUT2D eigenvalue weighted by atomic mass is 79.9. The zero-order valence-corrected chi connectivity index (χ0v) is 12.4. The maximum atomic E-state index is 5.74. The summed E-state index contributed by atoms with van der Waals surface area (Å²) in [7, 11) is 0. The molecule has 1 atom stereocenters. The van der Waals surface area contributed by atoms with E-state index >= 15 is 0 Å². The van der Waals surface area contributed by atoms with E-state index in [0.717, 1.165) is 29.0 Å². The maximum Gasteiger partial charge on any atom is 0.126 e. The van der Waals surface area contributed by atoms with E-state index in [1.165, 1.54) is 4.88 Å².